The van der Waals surface area contributed by atoms with Gasteiger partial charge in [0.1, 0.15) is 0 Å². The molecule has 2 aromatic rings. The van der Waals surface area contributed by atoms with Gasteiger partial charge in [-0.25, -0.2) is 9.97 Å². The summed E-state index contributed by atoms with van der Waals surface area (Å²) in [5.41, 5.74) is 9.08. The zero-order chi connectivity index (χ0) is 13.2. The number of anilines is 2. The van der Waals surface area contributed by atoms with Crippen LogP contribution in [0.2, 0.25) is 0 Å². The average molecular weight is 254 g/mol. The molecule has 0 aliphatic heterocycles. The standard InChI is InChI=1S/C15H18N4/c1-11-8-17-15(18-9-11)19(13-6-7-13)10-12-4-2-3-5-14(12)16/h2-5,8-9,13H,6-7,10,16H2,1H3. The van der Waals surface area contributed by atoms with Gasteiger partial charge in [0, 0.05) is 30.7 Å². The molecule has 19 heavy (non-hydrogen) atoms. The molecule has 1 aromatic heterocycles. The number of aromatic nitrogens is 2. The molecule has 0 bridgehead atoms. The largest absolute Gasteiger partial charge is 0.398 e. The summed E-state index contributed by atoms with van der Waals surface area (Å²) < 4.78 is 0. The van der Waals surface area contributed by atoms with E-state index in [0.29, 0.717) is 6.04 Å². The van der Waals surface area contributed by atoms with Crippen LogP contribution >= 0.6 is 0 Å². The number of aryl methyl sites for hydroxylation is 1. The highest BCUT2D eigenvalue weighted by atomic mass is 15.3. The number of nitrogens with two attached hydrogens (primary N) is 1. The molecule has 4 heteroatoms. The fraction of sp³-hybridized carbons (Fsp3) is 0.333. The predicted molar refractivity (Wildman–Crippen MR) is 76.8 cm³/mol. The molecule has 0 spiro atoms. The van der Waals surface area contributed by atoms with Crippen LogP contribution in [0.15, 0.2) is 36.7 Å². The molecule has 0 amide bonds. The smallest absolute Gasteiger partial charge is 0.225 e. The molecule has 1 saturated carbocycles. The summed E-state index contributed by atoms with van der Waals surface area (Å²) in [5.74, 6) is 0.802. The van der Waals surface area contributed by atoms with E-state index in [1.165, 1.54) is 12.8 Å². The van der Waals surface area contributed by atoms with Crippen LogP contribution in [0.1, 0.15) is 24.0 Å². The molecular formula is C15H18N4. The minimum atomic E-state index is 0.558. The summed E-state index contributed by atoms with van der Waals surface area (Å²) in [5, 5.41) is 0. The van der Waals surface area contributed by atoms with E-state index in [1.807, 2.05) is 37.5 Å². The number of rotatable bonds is 4. The van der Waals surface area contributed by atoms with Gasteiger partial charge in [-0.05, 0) is 37.0 Å². The highest BCUT2D eigenvalue weighted by Crippen LogP contribution is 2.31. The maximum Gasteiger partial charge on any atom is 0.225 e. The van der Waals surface area contributed by atoms with Gasteiger partial charge in [0.2, 0.25) is 5.95 Å². The van der Waals surface area contributed by atoms with Crippen LogP contribution < -0.4 is 10.6 Å². The second-order valence-electron chi connectivity index (χ2n) is 5.12. The lowest BCUT2D eigenvalue weighted by Crippen LogP contribution is -2.27. The number of nitrogens with zero attached hydrogens (tertiary/aromatic N) is 3. The third-order valence-corrected chi connectivity index (χ3v) is 3.41. The van der Waals surface area contributed by atoms with Crippen LogP contribution in [0.4, 0.5) is 11.6 Å². The Kier molecular flexibility index (Phi) is 3.07. The summed E-state index contributed by atoms with van der Waals surface area (Å²) in [7, 11) is 0. The van der Waals surface area contributed by atoms with Crippen molar-refractivity contribution in [3.05, 3.63) is 47.8 Å². The molecule has 1 aromatic carbocycles. The van der Waals surface area contributed by atoms with Gasteiger partial charge in [0.25, 0.3) is 0 Å². The van der Waals surface area contributed by atoms with Gasteiger partial charge in [0.05, 0.1) is 0 Å². The molecule has 0 atom stereocenters. The third-order valence-electron chi connectivity index (χ3n) is 3.41. The summed E-state index contributed by atoms with van der Waals surface area (Å²) in [6.45, 7) is 2.78. The van der Waals surface area contributed by atoms with E-state index in [-0.39, 0.29) is 0 Å². The normalized spacial score (nSPS) is 14.4. The highest BCUT2D eigenvalue weighted by molar-refractivity contribution is 5.49. The molecule has 98 valence electrons. The Morgan fingerprint density at radius 2 is 1.89 bits per heavy atom. The van der Waals surface area contributed by atoms with E-state index in [1.54, 1.807) is 0 Å². The van der Waals surface area contributed by atoms with E-state index in [9.17, 15) is 0 Å². The molecule has 3 rings (SSSR count). The molecule has 0 unspecified atom stereocenters. The average Bonchev–Trinajstić information content (AvgIpc) is 3.24. The van der Waals surface area contributed by atoms with Crippen molar-refractivity contribution in [3.63, 3.8) is 0 Å². The van der Waals surface area contributed by atoms with E-state index in [2.05, 4.69) is 20.9 Å². The molecule has 1 aliphatic rings. The zero-order valence-corrected chi connectivity index (χ0v) is 11.1. The minimum absolute atomic E-state index is 0.558. The van der Waals surface area contributed by atoms with Crippen LogP contribution in [0.25, 0.3) is 0 Å². The molecule has 1 fully saturated rings. The van der Waals surface area contributed by atoms with Gasteiger partial charge in [-0.2, -0.15) is 0 Å². The van der Waals surface area contributed by atoms with Crippen molar-refractivity contribution < 1.29 is 0 Å². The predicted octanol–water partition coefficient (Wildman–Crippen LogP) is 2.54. The van der Waals surface area contributed by atoms with Gasteiger partial charge in [0.15, 0.2) is 0 Å². The van der Waals surface area contributed by atoms with Crippen molar-refractivity contribution in [2.45, 2.75) is 32.4 Å². The topological polar surface area (TPSA) is 55.0 Å². The van der Waals surface area contributed by atoms with Crippen LogP contribution in [0.3, 0.4) is 0 Å². The van der Waals surface area contributed by atoms with Gasteiger partial charge in [-0.3, -0.25) is 0 Å². The molecule has 4 nitrogen and oxygen atoms in total. The second kappa shape index (κ2) is 4.88. The first-order valence-electron chi connectivity index (χ1n) is 6.63. The summed E-state index contributed by atoms with van der Waals surface area (Å²) >= 11 is 0. The molecule has 1 aliphatic carbocycles. The van der Waals surface area contributed by atoms with Gasteiger partial charge in [-0.1, -0.05) is 18.2 Å². The lowest BCUT2D eigenvalue weighted by molar-refractivity contribution is 0.758. The van der Waals surface area contributed by atoms with Crippen molar-refractivity contribution in [1.82, 2.24) is 9.97 Å². The van der Waals surface area contributed by atoms with Crippen LogP contribution in [0, 0.1) is 6.92 Å². The molecule has 0 radical (unpaired) electrons. The monoisotopic (exact) mass is 254 g/mol. The Morgan fingerprint density at radius 3 is 2.53 bits per heavy atom. The summed E-state index contributed by atoms with van der Waals surface area (Å²) in [6.07, 6.45) is 6.16. The Hall–Kier alpha value is -2.10. The molecule has 1 heterocycles. The highest BCUT2D eigenvalue weighted by Gasteiger charge is 2.31. The van der Waals surface area contributed by atoms with Crippen LogP contribution in [-0.4, -0.2) is 16.0 Å². The molecular weight excluding hydrogens is 236 g/mol. The number of hydrogen-bond acceptors (Lipinski definition) is 4. The lowest BCUT2D eigenvalue weighted by atomic mass is 10.1. The Morgan fingerprint density at radius 1 is 1.21 bits per heavy atom. The first-order chi connectivity index (χ1) is 9.24. The van der Waals surface area contributed by atoms with E-state index < -0.39 is 0 Å². The van der Waals surface area contributed by atoms with Crippen molar-refractivity contribution in [2.75, 3.05) is 10.6 Å². The van der Waals surface area contributed by atoms with E-state index in [4.69, 9.17) is 5.73 Å². The maximum atomic E-state index is 6.02. The third kappa shape index (κ3) is 2.67. The number of para-hydroxylation sites is 1. The number of hydrogen-bond donors (Lipinski definition) is 1. The van der Waals surface area contributed by atoms with Gasteiger partial charge >= 0.3 is 0 Å². The van der Waals surface area contributed by atoms with E-state index in [0.717, 1.165) is 29.3 Å². The first-order valence-corrected chi connectivity index (χ1v) is 6.63. The fourth-order valence-electron chi connectivity index (χ4n) is 2.15. The second-order valence-corrected chi connectivity index (χ2v) is 5.12. The molecule has 2 N–H and O–H groups in total. The van der Waals surface area contributed by atoms with Crippen molar-refractivity contribution >= 4 is 11.6 Å². The first kappa shape index (κ1) is 12.0. The Bertz CT molecular complexity index is 561. The quantitative estimate of drug-likeness (QED) is 0.852. The molecule has 0 saturated heterocycles. The fourth-order valence-corrected chi connectivity index (χ4v) is 2.15. The number of nitrogen functional groups attached to an aromatic ring is 1. The minimum Gasteiger partial charge on any atom is -0.398 e. The van der Waals surface area contributed by atoms with Crippen LogP contribution in [-0.2, 0) is 6.54 Å². The van der Waals surface area contributed by atoms with Gasteiger partial charge < -0.3 is 10.6 Å². The maximum absolute atomic E-state index is 6.02. The lowest BCUT2D eigenvalue weighted by Gasteiger charge is -2.23. The van der Waals surface area contributed by atoms with E-state index >= 15 is 0 Å². The zero-order valence-electron chi connectivity index (χ0n) is 11.1. The van der Waals surface area contributed by atoms with Crippen LogP contribution in [0.5, 0.6) is 0 Å². The number of benzene rings is 1. The van der Waals surface area contributed by atoms with Crippen molar-refractivity contribution in [3.8, 4) is 0 Å². The van der Waals surface area contributed by atoms with Gasteiger partial charge in [-0.15, -0.1) is 0 Å². The Balaban J connectivity index is 1.86. The van der Waals surface area contributed by atoms with Crippen molar-refractivity contribution in [1.29, 1.82) is 0 Å². The van der Waals surface area contributed by atoms with Crippen molar-refractivity contribution in [2.24, 2.45) is 0 Å². The summed E-state index contributed by atoms with van der Waals surface area (Å²) in [6, 6.07) is 8.55. The Labute approximate surface area is 113 Å². The SMILES string of the molecule is Cc1cnc(N(Cc2ccccc2N)C2CC2)nc1. The summed E-state index contributed by atoms with van der Waals surface area (Å²) in [4.78, 5) is 11.1.